The number of carbonyl (C=O) groups is 1. The van der Waals surface area contributed by atoms with Crippen LogP contribution in [0, 0.1) is 5.92 Å². The number of nitrogens with two attached hydrogens (primary N) is 1. The zero-order valence-electron chi connectivity index (χ0n) is 12.4. The van der Waals surface area contributed by atoms with Crippen molar-refractivity contribution < 1.29 is 4.79 Å². The van der Waals surface area contributed by atoms with Gasteiger partial charge in [-0.3, -0.25) is 4.79 Å². The number of aryl methyl sites for hydroxylation is 1. The van der Waals surface area contributed by atoms with Crippen LogP contribution in [0.25, 0.3) is 0 Å². The maximum Gasteiger partial charge on any atom is 0.254 e. The number of nitrogen functional groups attached to an aromatic ring is 1. The molecule has 0 aliphatic heterocycles. The van der Waals surface area contributed by atoms with Gasteiger partial charge in [-0.2, -0.15) is 0 Å². The Morgan fingerprint density at radius 2 is 2.05 bits per heavy atom. The van der Waals surface area contributed by atoms with Crippen molar-refractivity contribution in [2.24, 2.45) is 5.92 Å². The number of nitrogens with zero attached hydrogens (tertiary/aromatic N) is 2. The molecule has 0 fully saturated rings. The summed E-state index contributed by atoms with van der Waals surface area (Å²) in [6, 6.07) is 3.54. The van der Waals surface area contributed by atoms with Gasteiger partial charge in [-0.1, -0.05) is 27.2 Å². The second-order valence-electron chi connectivity index (χ2n) is 5.26. The largest absolute Gasteiger partial charge is 0.384 e. The van der Waals surface area contributed by atoms with Crippen LogP contribution in [0.4, 0.5) is 5.82 Å². The Hall–Kier alpha value is -1.58. The van der Waals surface area contributed by atoms with Crippen LogP contribution in [0.15, 0.2) is 12.1 Å². The molecule has 1 amide bonds. The van der Waals surface area contributed by atoms with E-state index in [1.165, 1.54) is 0 Å². The van der Waals surface area contributed by atoms with E-state index in [0.29, 0.717) is 23.8 Å². The van der Waals surface area contributed by atoms with E-state index in [0.717, 1.165) is 25.1 Å². The Bertz CT molecular complexity index is 429. The first-order valence-corrected chi connectivity index (χ1v) is 7.03. The highest BCUT2D eigenvalue weighted by molar-refractivity contribution is 5.95. The van der Waals surface area contributed by atoms with Gasteiger partial charge in [0.15, 0.2) is 0 Å². The molecule has 0 aliphatic carbocycles. The molecule has 0 bridgehead atoms. The number of amides is 1. The number of anilines is 1. The minimum absolute atomic E-state index is 0.0441. The zero-order valence-corrected chi connectivity index (χ0v) is 12.4. The van der Waals surface area contributed by atoms with Crippen LogP contribution in [0.3, 0.4) is 0 Å². The summed E-state index contributed by atoms with van der Waals surface area (Å²) in [5.74, 6) is 0.927. The molecule has 1 aromatic heterocycles. The fourth-order valence-electron chi connectivity index (χ4n) is 2.10. The fraction of sp³-hybridized carbons (Fsp3) is 0.600. The average molecular weight is 263 g/mol. The van der Waals surface area contributed by atoms with Crippen LogP contribution in [0.5, 0.6) is 0 Å². The van der Waals surface area contributed by atoms with Gasteiger partial charge in [0.25, 0.3) is 5.91 Å². The molecule has 1 rings (SSSR count). The Kier molecular flexibility index (Phi) is 5.80. The quantitative estimate of drug-likeness (QED) is 0.858. The second-order valence-corrected chi connectivity index (χ2v) is 5.26. The number of pyridine rings is 1. The van der Waals surface area contributed by atoms with Gasteiger partial charge < -0.3 is 10.6 Å². The lowest BCUT2D eigenvalue weighted by Crippen LogP contribution is -2.34. The van der Waals surface area contributed by atoms with Crippen molar-refractivity contribution in [2.45, 2.75) is 40.5 Å². The zero-order chi connectivity index (χ0) is 14.4. The fourth-order valence-corrected chi connectivity index (χ4v) is 2.10. The highest BCUT2D eigenvalue weighted by atomic mass is 16.2. The minimum Gasteiger partial charge on any atom is -0.384 e. The molecule has 4 heteroatoms. The third kappa shape index (κ3) is 4.54. The van der Waals surface area contributed by atoms with Crippen molar-refractivity contribution in [2.75, 3.05) is 18.8 Å². The van der Waals surface area contributed by atoms with E-state index >= 15 is 0 Å². The van der Waals surface area contributed by atoms with E-state index in [-0.39, 0.29) is 5.91 Å². The number of carbonyl (C=O) groups excluding carboxylic acids is 1. The molecular weight excluding hydrogens is 238 g/mol. The Morgan fingerprint density at radius 1 is 1.37 bits per heavy atom. The summed E-state index contributed by atoms with van der Waals surface area (Å²) in [6.07, 6.45) is 1.84. The molecule has 0 aromatic carbocycles. The predicted octanol–water partition coefficient (Wildman–Crippen LogP) is 2.73. The number of hydrogen-bond donors (Lipinski definition) is 1. The Labute approximate surface area is 116 Å². The van der Waals surface area contributed by atoms with Gasteiger partial charge >= 0.3 is 0 Å². The number of aromatic nitrogens is 1. The lowest BCUT2D eigenvalue weighted by Gasteiger charge is -2.23. The van der Waals surface area contributed by atoms with E-state index in [9.17, 15) is 4.79 Å². The Morgan fingerprint density at radius 3 is 2.58 bits per heavy atom. The van der Waals surface area contributed by atoms with E-state index in [1.54, 1.807) is 6.07 Å². The smallest absolute Gasteiger partial charge is 0.254 e. The molecular formula is C15H25N3O. The van der Waals surface area contributed by atoms with Crippen molar-refractivity contribution >= 4 is 11.7 Å². The summed E-state index contributed by atoms with van der Waals surface area (Å²) in [5, 5.41) is 0. The van der Waals surface area contributed by atoms with Crippen molar-refractivity contribution in [3.63, 3.8) is 0 Å². The van der Waals surface area contributed by atoms with E-state index in [4.69, 9.17) is 5.73 Å². The maximum absolute atomic E-state index is 12.5. The molecule has 0 radical (unpaired) electrons. The van der Waals surface area contributed by atoms with Crippen LogP contribution in [0.1, 0.15) is 50.2 Å². The van der Waals surface area contributed by atoms with Gasteiger partial charge in [0, 0.05) is 24.3 Å². The minimum atomic E-state index is 0.0441. The summed E-state index contributed by atoms with van der Waals surface area (Å²) in [4.78, 5) is 18.6. The van der Waals surface area contributed by atoms with E-state index < -0.39 is 0 Å². The molecule has 0 aliphatic rings. The summed E-state index contributed by atoms with van der Waals surface area (Å²) in [6.45, 7) is 9.78. The third-order valence-corrected chi connectivity index (χ3v) is 2.91. The summed E-state index contributed by atoms with van der Waals surface area (Å²) in [7, 11) is 0. The normalized spacial score (nSPS) is 10.8. The summed E-state index contributed by atoms with van der Waals surface area (Å²) in [5.41, 5.74) is 7.33. The van der Waals surface area contributed by atoms with Crippen molar-refractivity contribution in [3.8, 4) is 0 Å². The average Bonchev–Trinajstić information content (AvgIpc) is 2.34. The lowest BCUT2D eigenvalue weighted by molar-refractivity contribution is 0.0745. The molecule has 2 N–H and O–H groups in total. The second kappa shape index (κ2) is 7.12. The first kappa shape index (κ1) is 15.5. The highest BCUT2D eigenvalue weighted by Crippen LogP contribution is 2.13. The van der Waals surface area contributed by atoms with Gasteiger partial charge in [0.2, 0.25) is 0 Å². The van der Waals surface area contributed by atoms with Crippen LogP contribution in [-0.2, 0) is 6.42 Å². The third-order valence-electron chi connectivity index (χ3n) is 2.91. The first-order chi connectivity index (χ1) is 8.97. The molecule has 106 valence electrons. The van der Waals surface area contributed by atoms with Gasteiger partial charge in [0.05, 0.1) is 0 Å². The molecule has 0 unspecified atom stereocenters. The molecule has 0 saturated carbocycles. The number of hydrogen-bond acceptors (Lipinski definition) is 3. The summed E-state index contributed by atoms with van der Waals surface area (Å²) >= 11 is 0. The Balaban J connectivity index is 2.96. The molecule has 1 aromatic rings. The molecule has 4 nitrogen and oxygen atoms in total. The van der Waals surface area contributed by atoms with Crippen molar-refractivity contribution in [3.05, 3.63) is 23.4 Å². The molecule has 0 spiro atoms. The molecule has 0 saturated heterocycles. The standard InChI is InChI=1S/C15H25N3O/c1-5-7-13-8-12(9-14(16)17-13)15(19)18(6-2)10-11(3)4/h8-9,11H,5-7,10H2,1-4H3,(H2,16,17). The van der Waals surface area contributed by atoms with Gasteiger partial charge in [-0.05, 0) is 31.4 Å². The van der Waals surface area contributed by atoms with Crippen LogP contribution in [-0.4, -0.2) is 28.9 Å². The summed E-state index contributed by atoms with van der Waals surface area (Å²) < 4.78 is 0. The van der Waals surface area contributed by atoms with Crippen molar-refractivity contribution in [1.29, 1.82) is 0 Å². The van der Waals surface area contributed by atoms with Gasteiger partial charge in [0.1, 0.15) is 5.82 Å². The van der Waals surface area contributed by atoms with Gasteiger partial charge in [-0.15, -0.1) is 0 Å². The van der Waals surface area contributed by atoms with E-state index in [1.807, 2.05) is 17.9 Å². The van der Waals surface area contributed by atoms with Crippen LogP contribution >= 0.6 is 0 Å². The van der Waals surface area contributed by atoms with Gasteiger partial charge in [-0.25, -0.2) is 4.98 Å². The molecule has 1 heterocycles. The highest BCUT2D eigenvalue weighted by Gasteiger charge is 2.16. The topological polar surface area (TPSA) is 59.2 Å². The van der Waals surface area contributed by atoms with Crippen LogP contribution in [0.2, 0.25) is 0 Å². The lowest BCUT2D eigenvalue weighted by atomic mass is 10.1. The first-order valence-electron chi connectivity index (χ1n) is 7.03. The van der Waals surface area contributed by atoms with Crippen LogP contribution < -0.4 is 5.73 Å². The van der Waals surface area contributed by atoms with Crippen molar-refractivity contribution in [1.82, 2.24) is 9.88 Å². The molecule has 0 atom stereocenters. The number of rotatable bonds is 6. The molecule has 19 heavy (non-hydrogen) atoms. The maximum atomic E-state index is 12.5. The SMILES string of the molecule is CCCc1cc(C(=O)N(CC)CC(C)C)cc(N)n1. The van der Waals surface area contributed by atoms with E-state index in [2.05, 4.69) is 25.8 Å². The predicted molar refractivity (Wildman–Crippen MR) is 79.1 cm³/mol. The monoisotopic (exact) mass is 263 g/mol.